The number of halogens is 1. The van der Waals surface area contributed by atoms with Gasteiger partial charge >= 0.3 is 0 Å². The fourth-order valence-electron chi connectivity index (χ4n) is 3.62. The molecule has 114 valence electrons. The molecule has 1 fully saturated rings. The van der Waals surface area contributed by atoms with E-state index in [1.54, 1.807) is 0 Å². The molecular formula is C16H22BrN3O. The zero-order valence-corrected chi connectivity index (χ0v) is 14.1. The minimum absolute atomic E-state index is 0.122. The van der Waals surface area contributed by atoms with Crippen LogP contribution in [0, 0.1) is 5.92 Å². The van der Waals surface area contributed by atoms with Crippen LogP contribution in [0.3, 0.4) is 0 Å². The number of hydrogen-bond donors (Lipinski definition) is 2. The van der Waals surface area contributed by atoms with Crippen LogP contribution in [-0.4, -0.2) is 19.0 Å². The number of anilines is 2. The van der Waals surface area contributed by atoms with E-state index in [1.165, 1.54) is 25.7 Å². The molecule has 1 amide bonds. The molecule has 0 saturated heterocycles. The maximum atomic E-state index is 11.7. The molecule has 3 unspecified atom stereocenters. The van der Waals surface area contributed by atoms with Crippen molar-refractivity contribution in [2.75, 3.05) is 17.3 Å². The first kappa shape index (κ1) is 14.9. The molecule has 3 rings (SSSR count). The molecule has 4 nitrogen and oxygen atoms in total. The quantitative estimate of drug-likeness (QED) is 0.858. The van der Waals surface area contributed by atoms with E-state index < -0.39 is 6.04 Å². The summed E-state index contributed by atoms with van der Waals surface area (Å²) in [6, 6.07) is 4.03. The number of benzene rings is 1. The molecule has 0 spiro atoms. The maximum absolute atomic E-state index is 11.7. The number of carbonyl (C=O) groups excluding carboxylic acids is 1. The number of nitrogens with zero attached hydrogens (tertiary/aromatic N) is 1. The normalized spacial score (nSPS) is 28.2. The van der Waals surface area contributed by atoms with Crippen LogP contribution in [0.1, 0.15) is 44.2 Å². The fraction of sp³-hybridized carbons (Fsp3) is 0.562. The van der Waals surface area contributed by atoms with Gasteiger partial charge in [-0.05, 0) is 46.8 Å². The van der Waals surface area contributed by atoms with Crippen LogP contribution in [0.2, 0.25) is 0 Å². The molecule has 1 aliphatic carbocycles. The van der Waals surface area contributed by atoms with Gasteiger partial charge in [0.05, 0.1) is 5.69 Å². The second-order valence-electron chi connectivity index (χ2n) is 6.30. The Balaban J connectivity index is 1.92. The Morgan fingerprint density at radius 1 is 1.33 bits per heavy atom. The number of fused-ring (bicyclic) bond motifs is 1. The van der Waals surface area contributed by atoms with Gasteiger partial charge < -0.3 is 16.0 Å². The van der Waals surface area contributed by atoms with E-state index >= 15 is 0 Å². The minimum Gasteiger partial charge on any atom is -0.370 e. The van der Waals surface area contributed by atoms with E-state index in [9.17, 15) is 4.79 Å². The third-order valence-corrected chi connectivity index (χ3v) is 5.57. The van der Waals surface area contributed by atoms with Gasteiger partial charge in [-0.1, -0.05) is 19.8 Å². The second kappa shape index (κ2) is 5.61. The van der Waals surface area contributed by atoms with Gasteiger partial charge in [0.2, 0.25) is 5.91 Å². The molecule has 0 radical (unpaired) electrons. The fourth-order valence-corrected chi connectivity index (χ4v) is 4.26. The highest BCUT2D eigenvalue weighted by molar-refractivity contribution is 9.10. The second-order valence-corrected chi connectivity index (χ2v) is 7.15. The first-order valence-corrected chi connectivity index (χ1v) is 8.41. The Bertz CT molecular complexity index is 575. The summed E-state index contributed by atoms with van der Waals surface area (Å²) in [7, 11) is 2.15. The van der Waals surface area contributed by atoms with Gasteiger partial charge in [-0.15, -0.1) is 0 Å². The lowest BCUT2D eigenvalue weighted by atomic mass is 9.85. The predicted octanol–water partition coefficient (Wildman–Crippen LogP) is 3.42. The molecule has 1 saturated carbocycles. The number of nitrogens with one attached hydrogen (secondary N) is 1. The standard InChI is InChI=1S/C16H22BrN3O/c1-9-5-3-4-6-13(9)20(2)14-8-12-10(7-11(14)17)15(18)16(21)19-12/h7-9,13,15H,3-6,18H2,1-2H3,(H,19,21). The molecule has 1 aliphatic heterocycles. The molecule has 1 aromatic carbocycles. The smallest absolute Gasteiger partial charge is 0.245 e. The zero-order chi connectivity index (χ0) is 15.1. The van der Waals surface area contributed by atoms with Crippen molar-refractivity contribution in [1.82, 2.24) is 0 Å². The summed E-state index contributed by atoms with van der Waals surface area (Å²) in [6.07, 6.45) is 5.15. The molecule has 1 aromatic rings. The van der Waals surface area contributed by atoms with Crippen molar-refractivity contribution in [3.63, 3.8) is 0 Å². The average Bonchev–Trinajstić information content (AvgIpc) is 2.73. The summed E-state index contributed by atoms with van der Waals surface area (Å²) in [5.41, 5.74) is 8.75. The lowest BCUT2D eigenvalue weighted by molar-refractivity contribution is -0.116. The number of rotatable bonds is 2. The van der Waals surface area contributed by atoms with Crippen molar-refractivity contribution < 1.29 is 4.79 Å². The highest BCUT2D eigenvalue weighted by Crippen LogP contribution is 2.40. The third-order valence-electron chi connectivity index (χ3n) is 4.94. The van der Waals surface area contributed by atoms with E-state index in [2.05, 4.69) is 40.1 Å². The molecule has 0 bridgehead atoms. The van der Waals surface area contributed by atoms with Crippen molar-refractivity contribution in [1.29, 1.82) is 0 Å². The van der Waals surface area contributed by atoms with Crippen molar-refractivity contribution in [3.05, 3.63) is 22.2 Å². The molecule has 2 aliphatic rings. The molecule has 0 aromatic heterocycles. The van der Waals surface area contributed by atoms with Crippen LogP contribution in [0.25, 0.3) is 0 Å². The predicted molar refractivity (Wildman–Crippen MR) is 89.5 cm³/mol. The summed E-state index contributed by atoms with van der Waals surface area (Å²) < 4.78 is 1.01. The van der Waals surface area contributed by atoms with E-state index in [0.29, 0.717) is 12.0 Å². The van der Waals surface area contributed by atoms with E-state index in [4.69, 9.17) is 5.73 Å². The summed E-state index contributed by atoms with van der Waals surface area (Å²) >= 11 is 3.65. The lowest BCUT2D eigenvalue weighted by Gasteiger charge is -2.38. The van der Waals surface area contributed by atoms with Crippen molar-refractivity contribution in [3.8, 4) is 0 Å². The highest BCUT2D eigenvalue weighted by atomic mass is 79.9. The van der Waals surface area contributed by atoms with Crippen LogP contribution in [0.4, 0.5) is 11.4 Å². The SMILES string of the molecule is CC1CCCCC1N(C)c1cc2c(cc1Br)C(N)C(=O)N2. The van der Waals surface area contributed by atoms with Gasteiger partial charge in [0.15, 0.2) is 0 Å². The van der Waals surface area contributed by atoms with Crippen LogP contribution in [0.5, 0.6) is 0 Å². The number of amides is 1. The van der Waals surface area contributed by atoms with Gasteiger partial charge in [-0.25, -0.2) is 0 Å². The van der Waals surface area contributed by atoms with Crippen molar-refractivity contribution in [2.45, 2.75) is 44.7 Å². The van der Waals surface area contributed by atoms with Crippen molar-refractivity contribution >= 4 is 33.2 Å². The van der Waals surface area contributed by atoms with E-state index in [0.717, 1.165) is 21.4 Å². The van der Waals surface area contributed by atoms with Gasteiger partial charge in [-0.2, -0.15) is 0 Å². The Morgan fingerprint density at radius 2 is 2.05 bits per heavy atom. The number of carbonyl (C=O) groups is 1. The molecular weight excluding hydrogens is 330 g/mol. The maximum Gasteiger partial charge on any atom is 0.245 e. The summed E-state index contributed by atoms with van der Waals surface area (Å²) in [4.78, 5) is 14.1. The Morgan fingerprint density at radius 3 is 2.76 bits per heavy atom. The first-order valence-electron chi connectivity index (χ1n) is 7.61. The number of nitrogens with two attached hydrogens (primary N) is 1. The summed E-state index contributed by atoms with van der Waals surface area (Å²) in [6.45, 7) is 2.33. The molecule has 3 atom stereocenters. The van der Waals surface area contributed by atoms with E-state index in [1.807, 2.05) is 12.1 Å². The third kappa shape index (κ3) is 2.57. The first-order chi connectivity index (χ1) is 9.99. The zero-order valence-electron chi connectivity index (χ0n) is 12.5. The van der Waals surface area contributed by atoms with Crippen molar-refractivity contribution in [2.24, 2.45) is 11.7 Å². The van der Waals surface area contributed by atoms with Crippen LogP contribution >= 0.6 is 15.9 Å². The molecule has 1 heterocycles. The van der Waals surface area contributed by atoms with Gasteiger partial charge in [0, 0.05) is 28.8 Å². The largest absolute Gasteiger partial charge is 0.370 e. The molecule has 5 heteroatoms. The van der Waals surface area contributed by atoms with Gasteiger partial charge in [-0.3, -0.25) is 4.79 Å². The topological polar surface area (TPSA) is 58.4 Å². The van der Waals surface area contributed by atoms with Crippen LogP contribution in [0.15, 0.2) is 16.6 Å². The Hall–Kier alpha value is -1.07. The summed E-state index contributed by atoms with van der Waals surface area (Å²) in [5.74, 6) is 0.573. The number of hydrogen-bond acceptors (Lipinski definition) is 3. The Kier molecular flexibility index (Phi) is 3.97. The summed E-state index contributed by atoms with van der Waals surface area (Å²) in [5, 5.41) is 2.87. The monoisotopic (exact) mass is 351 g/mol. The van der Waals surface area contributed by atoms with Crippen LogP contribution < -0.4 is 16.0 Å². The van der Waals surface area contributed by atoms with Crippen LogP contribution in [-0.2, 0) is 4.79 Å². The lowest BCUT2D eigenvalue weighted by Crippen LogP contribution is -2.39. The van der Waals surface area contributed by atoms with Gasteiger partial charge in [0.25, 0.3) is 0 Å². The van der Waals surface area contributed by atoms with Gasteiger partial charge in [0.1, 0.15) is 6.04 Å². The minimum atomic E-state index is -0.552. The van der Waals surface area contributed by atoms with E-state index in [-0.39, 0.29) is 5.91 Å². The molecule has 3 N–H and O–H groups in total. The Labute approximate surface area is 134 Å². The molecule has 21 heavy (non-hydrogen) atoms. The highest BCUT2D eigenvalue weighted by Gasteiger charge is 2.31. The average molecular weight is 352 g/mol.